The zero-order valence-electron chi connectivity index (χ0n) is 9.07. The second-order valence-corrected chi connectivity index (χ2v) is 3.75. The maximum Gasteiger partial charge on any atom is 0.188 e. The molecule has 0 saturated carbocycles. The Labute approximate surface area is 165 Å². The van der Waals surface area contributed by atoms with Crippen molar-refractivity contribution in [2.24, 2.45) is 0 Å². The Balaban J connectivity index is 0.00000112. The van der Waals surface area contributed by atoms with Crippen molar-refractivity contribution in [1.29, 1.82) is 0 Å². The minimum atomic E-state index is -2.01. The van der Waals surface area contributed by atoms with Crippen LogP contribution in [-0.2, 0) is 14.2 Å². The van der Waals surface area contributed by atoms with Crippen LogP contribution in [0.3, 0.4) is 0 Å². The molecule has 2 rings (SSSR count). The standard InChI is InChI=1S/C8H13O6.2Ac/c1-3-4(9)5(10)6-7(12-3)14-8(2,11)13-6;;/h3-7,9-10H,1-2H3;;/q-1;;. The van der Waals surface area contributed by atoms with Crippen molar-refractivity contribution in [2.45, 2.75) is 50.5 Å². The molecule has 0 bridgehead atoms. The Morgan fingerprint density at radius 3 is 2.25 bits per heavy atom. The van der Waals surface area contributed by atoms with Gasteiger partial charge in [-0.2, -0.15) is 0 Å². The second kappa shape index (κ2) is 6.88. The van der Waals surface area contributed by atoms with Gasteiger partial charge in [-0.05, 0) is 13.8 Å². The van der Waals surface area contributed by atoms with E-state index in [0.717, 1.165) is 0 Å². The van der Waals surface area contributed by atoms with E-state index < -0.39 is 36.7 Å². The first-order valence-corrected chi connectivity index (χ1v) is 4.48. The van der Waals surface area contributed by atoms with E-state index in [0.29, 0.717) is 0 Å². The molecule has 0 spiro atoms. The van der Waals surface area contributed by atoms with E-state index in [1.54, 1.807) is 6.92 Å². The predicted octanol–water partition coefficient (Wildman–Crippen LogP) is -2.10. The molecule has 6 nitrogen and oxygen atoms in total. The third-order valence-electron chi connectivity index (χ3n) is 2.46. The molecular formula is C8H13Ac2O6-. The molecule has 2 radical (unpaired) electrons. The number of fused-ring (bicyclic) bond motifs is 1. The van der Waals surface area contributed by atoms with Gasteiger partial charge in [-0.15, -0.1) is 0 Å². The molecule has 2 aliphatic heterocycles. The Kier molecular flexibility index (Phi) is 8.02. The summed E-state index contributed by atoms with van der Waals surface area (Å²) in [5.74, 6) is -2.01. The van der Waals surface area contributed by atoms with Crippen molar-refractivity contribution in [3.05, 3.63) is 0 Å². The molecule has 2 aliphatic rings. The van der Waals surface area contributed by atoms with E-state index in [9.17, 15) is 15.3 Å². The molecule has 88 valence electrons. The van der Waals surface area contributed by atoms with E-state index in [4.69, 9.17) is 14.2 Å². The summed E-state index contributed by atoms with van der Waals surface area (Å²) in [5, 5.41) is 30.3. The van der Waals surface area contributed by atoms with Gasteiger partial charge in [0.1, 0.15) is 18.3 Å². The van der Waals surface area contributed by atoms with Crippen LogP contribution >= 0.6 is 0 Å². The van der Waals surface area contributed by atoms with Crippen LogP contribution in [0.2, 0.25) is 0 Å². The Hall–Kier alpha value is 2.64. The summed E-state index contributed by atoms with van der Waals surface area (Å²) in [5.41, 5.74) is 0. The van der Waals surface area contributed by atoms with Crippen molar-refractivity contribution >= 4 is 0 Å². The van der Waals surface area contributed by atoms with Crippen LogP contribution in [-0.4, -0.2) is 46.9 Å². The molecule has 0 aromatic carbocycles. The fraction of sp³-hybridized carbons (Fsp3) is 1.00. The number of hydrogen-bond acceptors (Lipinski definition) is 6. The van der Waals surface area contributed by atoms with Crippen LogP contribution < -0.4 is 5.11 Å². The summed E-state index contributed by atoms with van der Waals surface area (Å²) < 4.78 is 14.9. The molecule has 0 aromatic rings. The Bertz CT molecular complexity index is 239. The van der Waals surface area contributed by atoms with E-state index in [1.165, 1.54) is 6.92 Å². The number of hydrogen-bond donors (Lipinski definition) is 2. The van der Waals surface area contributed by atoms with Crippen LogP contribution in [0.1, 0.15) is 13.8 Å². The molecule has 0 amide bonds. The summed E-state index contributed by atoms with van der Waals surface area (Å²) in [6.45, 7) is 2.78. The van der Waals surface area contributed by atoms with Gasteiger partial charge < -0.3 is 29.5 Å². The van der Waals surface area contributed by atoms with Gasteiger partial charge in [0, 0.05) is 88.1 Å². The first-order valence-electron chi connectivity index (χ1n) is 4.48. The van der Waals surface area contributed by atoms with Gasteiger partial charge in [0.2, 0.25) is 0 Å². The normalized spacial score (nSPS) is 51.2. The molecule has 8 heteroatoms. The largest absolute Gasteiger partial charge is 0.807 e. The number of aliphatic hydroxyl groups is 2. The van der Waals surface area contributed by atoms with Crippen molar-refractivity contribution in [3.63, 3.8) is 0 Å². The first-order chi connectivity index (χ1) is 6.41. The van der Waals surface area contributed by atoms with Crippen LogP contribution in [0.15, 0.2) is 0 Å². The monoisotopic (exact) mass is 659 g/mol. The average Bonchev–Trinajstić information content (AvgIpc) is 2.37. The summed E-state index contributed by atoms with van der Waals surface area (Å²) in [6.07, 6.45) is -4.60. The SMILES string of the molecule is CC1OC2OC(C)([O-])OC2C(O)C1O.[Ac].[Ac]. The van der Waals surface area contributed by atoms with E-state index in [2.05, 4.69) is 0 Å². The van der Waals surface area contributed by atoms with Gasteiger partial charge >= 0.3 is 0 Å². The second-order valence-electron chi connectivity index (χ2n) is 3.75. The van der Waals surface area contributed by atoms with Crippen LogP contribution in [0.4, 0.5) is 0 Å². The maximum atomic E-state index is 11.3. The van der Waals surface area contributed by atoms with Gasteiger partial charge in [-0.1, -0.05) is 0 Å². The molecule has 6 atom stereocenters. The molecule has 0 aromatic heterocycles. The molecule has 16 heavy (non-hydrogen) atoms. The minimum absolute atomic E-state index is 0. The topological polar surface area (TPSA) is 91.2 Å². The van der Waals surface area contributed by atoms with Crippen LogP contribution in [0, 0.1) is 88.1 Å². The van der Waals surface area contributed by atoms with Crippen LogP contribution in [0.25, 0.3) is 0 Å². The van der Waals surface area contributed by atoms with Gasteiger partial charge in [-0.3, -0.25) is 0 Å². The number of aliphatic hydroxyl groups excluding tert-OH is 2. The van der Waals surface area contributed by atoms with E-state index in [-0.39, 0.29) is 88.1 Å². The minimum Gasteiger partial charge on any atom is -0.807 e. The zero-order valence-corrected chi connectivity index (χ0v) is 18.6. The molecule has 2 heterocycles. The average molecular weight is 659 g/mol. The molecule has 0 aliphatic carbocycles. The van der Waals surface area contributed by atoms with Gasteiger partial charge in [0.25, 0.3) is 0 Å². The fourth-order valence-electron chi connectivity index (χ4n) is 1.71. The van der Waals surface area contributed by atoms with E-state index in [1.807, 2.05) is 0 Å². The predicted molar refractivity (Wildman–Crippen MR) is 40.7 cm³/mol. The van der Waals surface area contributed by atoms with Crippen molar-refractivity contribution in [3.8, 4) is 0 Å². The zero-order chi connectivity index (χ0) is 10.5. The number of rotatable bonds is 0. The van der Waals surface area contributed by atoms with Gasteiger partial charge in [-0.25, -0.2) is 0 Å². The smallest absolute Gasteiger partial charge is 0.188 e. The fourth-order valence-corrected chi connectivity index (χ4v) is 1.71. The number of ether oxygens (including phenoxy) is 3. The Morgan fingerprint density at radius 2 is 1.69 bits per heavy atom. The third-order valence-corrected chi connectivity index (χ3v) is 2.46. The molecule has 2 fully saturated rings. The summed E-state index contributed by atoms with van der Waals surface area (Å²) in [7, 11) is 0. The van der Waals surface area contributed by atoms with Gasteiger partial charge in [0.15, 0.2) is 6.29 Å². The molecule has 2 N–H and O–H groups in total. The first kappa shape index (κ1) is 18.6. The van der Waals surface area contributed by atoms with Crippen molar-refractivity contribution < 1.29 is 118 Å². The van der Waals surface area contributed by atoms with Gasteiger partial charge in [0.05, 0.1) is 12.1 Å². The van der Waals surface area contributed by atoms with E-state index >= 15 is 0 Å². The summed E-state index contributed by atoms with van der Waals surface area (Å²) in [4.78, 5) is 0. The van der Waals surface area contributed by atoms with Crippen LogP contribution in [0.5, 0.6) is 0 Å². The molecule has 2 saturated heterocycles. The summed E-state index contributed by atoms with van der Waals surface area (Å²) >= 11 is 0. The third kappa shape index (κ3) is 3.82. The molecule has 6 unspecified atom stereocenters. The summed E-state index contributed by atoms with van der Waals surface area (Å²) in [6, 6.07) is 0. The maximum absolute atomic E-state index is 11.3. The van der Waals surface area contributed by atoms with Crippen molar-refractivity contribution in [1.82, 2.24) is 0 Å². The van der Waals surface area contributed by atoms with Crippen molar-refractivity contribution in [2.75, 3.05) is 0 Å². The quantitative estimate of drug-likeness (QED) is 0.310. The molecular weight excluding hydrogens is 646 g/mol. The Morgan fingerprint density at radius 1 is 1.12 bits per heavy atom.